The van der Waals surface area contributed by atoms with Crippen molar-refractivity contribution in [3.63, 3.8) is 0 Å². The summed E-state index contributed by atoms with van der Waals surface area (Å²) in [5.74, 6) is -3.49. The Morgan fingerprint density at radius 3 is 1.94 bits per heavy atom. The molecule has 3 nitrogen and oxygen atoms in total. The number of halogens is 9. The molecular formula is C24H20Cl3F6NO2. The molecule has 0 aliphatic carbocycles. The fraction of sp³-hybridized carbons (Fsp3) is 0.333. The molecule has 1 N–H and O–H groups in total. The zero-order valence-corrected chi connectivity index (χ0v) is 21.1. The van der Waals surface area contributed by atoms with Gasteiger partial charge in [-0.05, 0) is 23.3 Å². The van der Waals surface area contributed by atoms with Gasteiger partial charge in [-0.1, -0.05) is 85.1 Å². The van der Waals surface area contributed by atoms with Crippen LogP contribution in [0.25, 0.3) is 6.08 Å². The van der Waals surface area contributed by atoms with E-state index in [0.29, 0.717) is 5.56 Å². The Balaban J connectivity index is 2.16. The Bertz CT molecular complexity index is 1120. The first-order valence-electron chi connectivity index (χ1n) is 10.3. The van der Waals surface area contributed by atoms with E-state index in [2.05, 4.69) is 0 Å². The first kappa shape index (κ1) is 30.0. The van der Waals surface area contributed by atoms with Crippen LogP contribution in [0.3, 0.4) is 0 Å². The number of carbonyl (C=O) groups is 2. The van der Waals surface area contributed by atoms with Gasteiger partial charge >= 0.3 is 12.4 Å². The van der Waals surface area contributed by atoms with Crippen molar-refractivity contribution in [3.05, 3.63) is 74.2 Å². The van der Waals surface area contributed by atoms with Gasteiger partial charge < -0.3 is 5.32 Å². The van der Waals surface area contributed by atoms with E-state index in [4.69, 9.17) is 34.8 Å². The molecule has 36 heavy (non-hydrogen) atoms. The number of hydrogen-bond donors (Lipinski definition) is 1. The van der Waals surface area contributed by atoms with E-state index in [1.807, 2.05) is 0 Å². The molecule has 0 aromatic heterocycles. The molecule has 0 radical (unpaired) electrons. The van der Waals surface area contributed by atoms with Crippen LogP contribution < -0.4 is 5.32 Å². The first-order chi connectivity index (χ1) is 16.4. The predicted octanol–water partition coefficient (Wildman–Crippen LogP) is 8.28. The molecule has 2 rings (SSSR count). The molecule has 0 spiro atoms. The second-order valence-electron chi connectivity index (χ2n) is 8.58. The van der Waals surface area contributed by atoms with Gasteiger partial charge in [0.1, 0.15) is 6.54 Å². The minimum atomic E-state index is -4.66. The van der Waals surface area contributed by atoms with E-state index < -0.39 is 41.9 Å². The van der Waals surface area contributed by atoms with E-state index >= 15 is 0 Å². The molecule has 1 unspecified atom stereocenters. The second kappa shape index (κ2) is 11.4. The Labute approximate surface area is 218 Å². The molecule has 0 heterocycles. The number of alkyl halides is 6. The summed E-state index contributed by atoms with van der Waals surface area (Å²) in [7, 11) is 0. The van der Waals surface area contributed by atoms with Gasteiger partial charge in [0.05, 0.1) is 26.4 Å². The highest BCUT2D eigenvalue weighted by Crippen LogP contribution is 2.41. The predicted molar refractivity (Wildman–Crippen MR) is 128 cm³/mol. The monoisotopic (exact) mass is 573 g/mol. The van der Waals surface area contributed by atoms with E-state index in [0.717, 1.165) is 18.2 Å². The summed E-state index contributed by atoms with van der Waals surface area (Å²) in [6.45, 7) is 1.15. The summed E-state index contributed by atoms with van der Waals surface area (Å²) in [6.07, 6.45) is -7.51. The number of allylic oxidation sites excluding steroid dienone is 1. The molecular weight excluding hydrogens is 555 g/mol. The lowest BCUT2D eigenvalue weighted by atomic mass is 9.84. The molecule has 0 fully saturated rings. The number of carbonyl (C=O) groups excluding carboxylic acids is 2. The summed E-state index contributed by atoms with van der Waals surface area (Å²) in [5.41, 5.74) is -1.14. The average molecular weight is 575 g/mol. The third kappa shape index (κ3) is 8.42. The lowest BCUT2D eigenvalue weighted by molar-refractivity contribution is -0.143. The molecule has 12 heteroatoms. The Hall–Kier alpha value is -2.23. The minimum absolute atomic E-state index is 0.0618. The molecule has 2 aromatic carbocycles. The second-order valence-corrected chi connectivity index (χ2v) is 9.77. The third-order valence-corrected chi connectivity index (χ3v) is 6.30. The third-order valence-electron chi connectivity index (χ3n) is 5.10. The highest BCUT2D eigenvalue weighted by Gasteiger charge is 2.39. The zero-order valence-electron chi connectivity index (χ0n) is 18.8. The van der Waals surface area contributed by atoms with Crippen molar-refractivity contribution in [3.8, 4) is 0 Å². The normalized spacial score (nSPS) is 13.6. The number of amides is 1. The van der Waals surface area contributed by atoms with Crippen LogP contribution in [0.1, 0.15) is 47.7 Å². The number of Topliss-reactive ketones (excluding diaryl/α,β-unsaturated/α-hetero) is 1. The fourth-order valence-corrected chi connectivity index (χ4v) is 3.77. The van der Waals surface area contributed by atoms with Crippen LogP contribution in [0.2, 0.25) is 15.1 Å². The summed E-state index contributed by atoms with van der Waals surface area (Å²) in [5, 5.41) is 1.44. The van der Waals surface area contributed by atoms with E-state index in [1.165, 1.54) is 44.2 Å². The van der Waals surface area contributed by atoms with Crippen LogP contribution in [-0.4, -0.2) is 30.6 Å². The SMILES string of the molecule is CC(C)(CC(=O)c1ccc(/C=C/C(c2cc(Cl)c(Cl)c(Cl)c2)C(F)(F)F)cc1)C(=O)NCC(F)(F)F. The molecule has 2 aromatic rings. The van der Waals surface area contributed by atoms with Crippen molar-refractivity contribution in [2.45, 2.75) is 38.5 Å². The van der Waals surface area contributed by atoms with Gasteiger partial charge in [0.15, 0.2) is 5.78 Å². The number of hydrogen-bond acceptors (Lipinski definition) is 2. The van der Waals surface area contributed by atoms with Gasteiger partial charge in [0.2, 0.25) is 5.91 Å². The van der Waals surface area contributed by atoms with Gasteiger partial charge in [0.25, 0.3) is 0 Å². The van der Waals surface area contributed by atoms with Crippen molar-refractivity contribution in [1.29, 1.82) is 0 Å². The first-order valence-corrected chi connectivity index (χ1v) is 11.4. The molecule has 0 bridgehead atoms. The fourth-order valence-electron chi connectivity index (χ4n) is 3.15. The smallest absolute Gasteiger partial charge is 0.347 e. The highest BCUT2D eigenvalue weighted by molar-refractivity contribution is 6.48. The lowest BCUT2D eigenvalue weighted by Crippen LogP contribution is -2.42. The van der Waals surface area contributed by atoms with Crippen molar-refractivity contribution >= 4 is 52.6 Å². The topological polar surface area (TPSA) is 46.2 Å². The van der Waals surface area contributed by atoms with Crippen molar-refractivity contribution in [2.75, 3.05) is 6.54 Å². The number of rotatable bonds is 8. The largest absolute Gasteiger partial charge is 0.405 e. The van der Waals surface area contributed by atoms with E-state index in [9.17, 15) is 35.9 Å². The maximum atomic E-state index is 13.7. The van der Waals surface area contributed by atoms with Crippen LogP contribution in [-0.2, 0) is 4.79 Å². The van der Waals surface area contributed by atoms with Crippen LogP contribution in [0.4, 0.5) is 26.3 Å². The number of benzene rings is 2. The summed E-state index contributed by atoms with van der Waals surface area (Å²) in [6, 6.07) is 7.65. The zero-order chi connectivity index (χ0) is 27.5. The summed E-state index contributed by atoms with van der Waals surface area (Å²) >= 11 is 17.5. The molecule has 0 aliphatic rings. The standard InChI is InChI=1S/C24H20Cl3F6NO2/c1-22(2,21(36)34-12-23(28,29)30)11-19(35)14-6-3-13(4-7-14)5-8-16(24(31,32)33)15-9-17(25)20(27)18(26)10-15/h3-10,16H,11-12H2,1-2H3,(H,34,36)/b8-5+. The van der Waals surface area contributed by atoms with Gasteiger partial charge in [-0.25, -0.2) is 0 Å². The van der Waals surface area contributed by atoms with Gasteiger partial charge in [0, 0.05) is 12.0 Å². The molecule has 0 saturated carbocycles. The van der Waals surface area contributed by atoms with Crippen LogP contribution in [0, 0.1) is 5.41 Å². The maximum absolute atomic E-state index is 13.7. The van der Waals surface area contributed by atoms with Crippen LogP contribution in [0.5, 0.6) is 0 Å². The highest BCUT2D eigenvalue weighted by atomic mass is 35.5. The summed E-state index contributed by atoms with van der Waals surface area (Å²) < 4.78 is 78.0. The lowest BCUT2D eigenvalue weighted by Gasteiger charge is -2.23. The van der Waals surface area contributed by atoms with Crippen LogP contribution >= 0.6 is 34.8 Å². The Morgan fingerprint density at radius 1 is 0.944 bits per heavy atom. The average Bonchev–Trinajstić information content (AvgIpc) is 2.74. The van der Waals surface area contributed by atoms with Crippen LogP contribution in [0.15, 0.2) is 42.5 Å². The molecule has 0 aliphatic heterocycles. The maximum Gasteiger partial charge on any atom is 0.405 e. The van der Waals surface area contributed by atoms with E-state index in [1.54, 1.807) is 5.32 Å². The van der Waals surface area contributed by atoms with Gasteiger partial charge in [-0.3, -0.25) is 9.59 Å². The molecule has 1 atom stereocenters. The molecule has 0 saturated heterocycles. The Kier molecular flexibility index (Phi) is 9.53. The Morgan fingerprint density at radius 2 is 1.47 bits per heavy atom. The van der Waals surface area contributed by atoms with Crippen molar-refractivity contribution in [2.24, 2.45) is 5.41 Å². The number of nitrogens with one attached hydrogen (secondary N) is 1. The van der Waals surface area contributed by atoms with Gasteiger partial charge in [-0.15, -0.1) is 0 Å². The molecule has 1 amide bonds. The quantitative estimate of drug-likeness (QED) is 0.196. The number of ketones is 1. The minimum Gasteiger partial charge on any atom is -0.347 e. The van der Waals surface area contributed by atoms with E-state index in [-0.39, 0.29) is 32.6 Å². The van der Waals surface area contributed by atoms with Crippen molar-refractivity contribution in [1.82, 2.24) is 5.32 Å². The molecule has 196 valence electrons. The summed E-state index contributed by atoms with van der Waals surface area (Å²) in [4.78, 5) is 24.6. The van der Waals surface area contributed by atoms with Gasteiger partial charge in [-0.2, -0.15) is 26.3 Å². The van der Waals surface area contributed by atoms with Crippen molar-refractivity contribution < 1.29 is 35.9 Å².